The Morgan fingerprint density at radius 3 is 2.91 bits per heavy atom. The summed E-state index contributed by atoms with van der Waals surface area (Å²) in [5.41, 5.74) is 3.12. The summed E-state index contributed by atoms with van der Waals surface area (Å²) in [7, 11) is 0. The number of unbranched alkanes of at least 4 members (excludes halogenated alkanes) is 2. The zero-order valence-electron chi connectivity index (χ0n) is 20.8. The Hall–Kier alpha value is -2.83. The number of phenols is 1. The van der Waals surface area contributed by atoms with Gasteiger partial charge in [0.2, 0.25) is 0 Å². The van der Waals surface area contributed by atoms with E-state index in [0.717, 1.165) is 61.2 Å². The van der Waals surface area contributed by atoms with Gasteiger partial charge < -0.3 is 19.3 Å². The van der Waals surface area contributed by atoms with Gasteiger partial charge in [-0.05, 0) is 58.1 Å². The largest absolute Gasteiger partial charge is 0.507 e. The van der Waals surface area contributed by atoms with Crippen LogP contribution in [-0.4, -0.2) is 42.8 Å². The zero-order chi connectivity index (χ0) is 24.0. The van der Waals surface area contributed by atoms with Crippen molar-refractivity contribution in [3.05, 3.63) is 46.6 Å². The highest BCUT2D eigenvalue weighted by Crippen LogP contribution is 2.54. The molecule has 1 aromatic heterocycles. The van der Waals surface area contributed by atoms with Crippen LogP contribution in [0.5, 0.6) is 11.5 Å². The SMILES string of the molecule is CCCCCc1cc2c(c(O)c1C(=O)N1CCn3cnnc3C1)C1C=C(C)CCC1C(C)(C)O2. The molecule has 5 rings (SSSR count). The summed E-state index contributed by atoms with van der Waals surface area (Å²) >= 11 is 0. The molecule has 0 saturated heterocycles. The number of phenolic OH excluding ortho intramolecular Hbond substituents is 1. The topological polar surface area (TPSA) is 80.5 Å². The second kappa shape index (κ2) is 8.75. The fourth-order valence-corrected chi connectivity index (χ4v) is 6.01. The maximum Gasteiger partial charge on any atom is 0.258 e. The van der Waals surface area contributed by atoms with Crippen LogP contribution in [0.1, 0.15) is 93.0 Å². The molecule has 2 aromatic rings. The van der Waals surface area contributed by atoms with Crippen molar-refractivity contribution in [1.82, 2.24) is 19.7 Å². The Balaban J connectivity index is 1.60. The molecule has 3 heterocycles. The van der Waals surface area contributed by atoms with E-state index in [9.17, 15) is 9.90 Å². The first-order valence-corrected chi connectivity index (χ1v) is 12.7. The number of aromatic nitrogens is 3. The standard InChI is InChI=1S/C27H36N4O3/c1-5-6-7-8-18-14-21-24(19-13-17(2)9-10-20(19)27(3,4)34-21)25(32)23(18)26(33)30-11-12-31-16-28-29-22(31)15-30/h13-14,16,19-20,32H,5-12,15H2,1-4H3. The highest BCUT2D eigenvalue weighted by molar-refractivity contribution is 5.99. The Morgan fingerprint density at radius 2 is 2.12 bits per heavy atom. The van der Waals surface area contributed by atoms with Crippen molar-refractivity contribution < 1.29 is 14.6 Å². The van der Waals surface area contributed by atoms with Crippen LogP contribution in [0.25, 0.3) is 0 Å². The molecule has 182 valence electrons. The number of nitrogens with zero attached hydrogens (tertiary/aromatic N) is 4. The van der Waals surface area contributed by atoms with E-state index in [1.165, 1.54) is 5.57 Å². The van der Waals surface area contributed by atoms with Crippen molar-refractivity contribution in [3.8, 4) is 11.5 Å². The number of fused-ring (bicyclic) bond motifs is 4. The highest BCUT2D eigenvalue weighted by Gasteiger charge is 2.46. The lowest BCUT2D eigenvalue weighted by molar-refractivity contribution is 0.0106. The molecule has 7 nitrogen and oxygen atoms in total. The van der Waals surface area contributed by atoms with Crippen molar-refractivity contribution in [2.45, 2.75) is 90.8 Å². The number of hydrogen-bond acceptors (Lipinski definition) is 5. The van der Waals surface area contributed by atoms with Crippen LogP contribution >= 0.6 is 0 Å². The molecule has 2 atom stereocenters. The molecule has 1 N–H and O–H groups in total. The lowest BCUT2D eigenvalue weighted by Crippen LogP contribution is -2.45. The molecule has 7 heteroatoms. The van der Waals surface area contributed by atoms with Gasteiger partial charge in [-0.3, -0.25) is 4.79 Å². The van der Waals surface area contributed by atoms with Crippen LogP contribution in [0, 0.1) is 5.92 Å². The Labute approximate surface area is 201 Å². The van der Waals surface area contributed by atoms with Gasteiger partial charge in [0.15, 0.2) is 5.82 Å². The van der Waals surface area contributed by atoms with E-state index in [0.29, 0.717) is 25.2 Å². The number of ether oxygens (including phenoxy) is 1. The van der Waals surface area contributed by atoms with Gasteiger partial charge in [-0.15, -0.1) is 10.2 Å². The highest BCUT2D eigenvalue weighted by atomic mass is 16.5. The van der Waals surface area contributed by atoms with E-state index in [1.807, 2.05) is 10.6 Å². The first-order valence-electron chi connectivity index (χ1n) is 12.7. The average Bonchev–Trinajstić information content (AvgIpc) is 3.26. The van der Waals surface area contributed by atoms with E-state index in [1.54, 1.807) is 11.2 Å². The van der Waals surface area contributed by atoms with Crippen LogP contribution < -0.4 is 4.74 Å². The molecule has 0 radical (unpaired) electrons. The second-order valence-corrected chi connectivity index (χ2v) is 10.7. The van der Waals surface area contributed by atoms with Crippen LogP contribution in [0.4, 0.5) is 0 Å². The number of amides is 1. The van der Waals surface area contributed by atoms with E-state index in [2.05, 4.69) is 44.0 Å². The molecule has 0 bridgehead atoms. The van der Waals surface area contributed by atoms with E-state index < -0.39 is 0 Å². The average molecular weight is 465 g/mol. The minimum absolute atomic E-state index is 0.0493. The summed E-state index contributed by atoms with van der Waals surface area (Å²) < 4.78 is 8.51. The summed E-state index contributed by atoms with van der Waals surface area (Å²) in [6, 6.07) is 2.04. The molecule has 0 saturated carbocycles. The predicted molar refractivity (Wildman–Crippen MR) is 130 cm³/mol. The van der Waals surface area contributed by atoms with Crippen molar-refractivity contribution in [2.75, 3.05) is 6.54 Å². The Morgan fingerprint density at radius 1 is 1.29 bits per heavy atom. The van der Waals surface area contributed by atoms with Gasteiger partial charge in [0, 0.05) is 30.5 Å². The minimum Gasteiger partial charge on any atom is -0.507 e. The lowest BCUT2D eigenvalue weighted by atomic mass is 9.67. The van der Waals surface area contributed by atoms with E-state index >= 15 is 0 Å². The fraction of sp³-hybridized carbons (Fsp3) is 0.593. The number of hydrogen-bond donors (Lipinski definition) is 1. The molecule has 0 spiro atoms. The number of aromatic hydroxyl groups is 1. The number of rotatable bonds is 5. The van der Waals surface area contributed by atoms with Crippen molar-refractivity contribution in [3.63, 3.8) is 0 Å². The molecule has 2 aliphatic heterocycles. The fourth-order valence-electron chi connectivity index (χ4n) is 6.01. The molecular formula is C27H36N4O3. The van der Waals surface area contributed by atoms with Crippen LogP contribution in [-0.2, 0) is 19.5 Å². The summed E-state index contributed by atoms with van der Waals surface area (Å²) in [6.45, 7) is 10.3. The first kappa shape index (κ1) is 22.9. The number of benzene rings is 1. The lowest BCUT2D eigenvalue weighted by Gasteiger charge is -2.46. The monoisotopic (exact) mass is 464 g/mol. The van der Waals surface area contributed by atoms with Gasteiger partial charge in [-0.1, -0.05) is 31.4 Å². The molecule has 2 unspecified atom stereocenters. The van der Waals surface area contributed by atoms with Gasteiger partial charge in [-0.25, -0.2) is 0 Å². The van der Waals surface area contributed by atoms with Gasteiger partial charge in [0.05, 0.1) is 12.1 Å². The summed E-state index contributed by atoms with van der Waals surface area (Å²) in [5.74, 6) is 1.80. The summed E-state index contributed by atoms with van der Waals surface area (Å²) in [6.07, 6.45) is 9.94. The quantitative estimate of drug-likeness (QED) is 0.498. The summed E-state index contributed by atoms with van der Waals surface area (Å²) in [5, 5.41) is 19.9. The third kappa shape index (κ3) is 3.89. The van der Waals surface area contributed by atoms with Crippen molar-refractivity contribution in [1.29, 1.82) is 0 Å². The van der Waals surface area contributed by atoms with E-state index in [4.69, 9.17) is 4.74 Å². The van der Waals surface area contributed by atoms with Gasteiger partial charge >= 0.3 is 0 Å². The van der Waals surface area contributed by atoms with E-state index in [-0.39, 0.29) is 29.1 Å². The van der Waals surface area contributed by atoms with Gasteiger partial charge in [0.25, 0.3) is 5.91 Å². The van der Waals surface area contributed by atoms with Gasteiger partial charge in [0.1, 0.15) is 23.4 Å². The van der Waals surface area contributed by atoms with Crippen LogP contribution in [0.15, 0.2) is 24.0 Å². The first-order chi connectivity index (χ1) is 16.3. The maximum absolute atomic E-state index is 13.9. The van der Waals surface area contributed by atoms with Crippen LogP contribution in [0.2, 0.25) is 0 Å². The molecule has 34 heavy (non-hydrogen) atoms. The Bertz CT molecular complexity index is 1130. The third-order valence-electron chi connectivity index (χ3n) is 7.92. The number of carbonyl (C=O) groups is 1. The summed E-state index contributed by atoms with van der Waals surface area (Å²) in [4.78, 5) is 15.7. The number of allylic oxidation sites excluding steroid dienone is 2. The minimum atomic E-state index is -0.329. The smallest absolute Gasteiger partial charge is 0.258 e. The zero-order valence-corrected chi connectivity index (χ0v) is 20.8. The van der Waals surface area contributed by atoms with Gasteiger partial charge in [-0.2, -0.15) is 0 Å². The maximum atomic E-state index is 13.9. The number of carbonyl (C=O) groups excluding carboxylic acids is 1. The Kier molecular flexibility index (Phi) is 5.90. The molecule has 0 fully saturated rings. The second-order valence-electron chi connectivity index (χ2n) is 10.7. The molecule has 3 aliphatic rings. The molecule has 1 amide bonds. The normalized spacial score (nSPS) is 22.8. The van der Waals surface area contributed by atoms with Crippen molar-refractivity contribution >= 4 is 5.91 Å². The predicted octanol–water partition coefficient (Wildman–Crippen LogP) is 4.98. The van der Waals surface area contributed by atoms with Crippen molar-refractivity contribution in [2.24, 2.45) is 5.92 Å². The molecule has 1 aromatic carbocycles. The number of aryl methyl sites for hydroxylation is 1. The molecule has 1 aliphatic carbocycles. The third-order valence-corrected chi connectivity index (χ3v) is 7.92. The van der Waals surface area contributed by atoms with Crippen LogP contribution in [0.3, 0.4) is 0 Å². The molecular weight excluding hydrogens is 428 g/mol.